The average Bonchev–Trinajstić information content (AvgIpc) is 2.87. The van der Waals surface area contributed by atoms with Crippen molar-refractivity contribution in [2.75, 3.05) is 0 Å². The van der Waals surface area contributed by atoms with Crippen molar-refractivity contribution < 1.29 is 19.5 Å². The maximum atomic E-state index is 12.3. The summed E-state index contributed by atoms with van der Waals surface area (Å²) in [6.45, 7) is 1.86. The van der Waals surface area contributed by atoms with Gasteiger partial charge in [0.25, 0.3) is 11.8 Å². The molecule has 2 aliphatic rings. The molecular formula is C12H12N2O4S. The number of rotatable bonds is 1. The average molecular weight is 280 g/mol. The standard InChI is InChI=1S/C12H12N2O4S/c1-12(3-2-8(15)13-11(12)18)14-4-6-7(9(14)16)5-19-10(6)17/h5,17H,2-4H2,1H3,(H,13,15,18). The lowest BCUT2D eigenvalue weighted by molar-refractivity contribution is -0.142. The van der Waals surface area contributed by atoms with E-state index in [1.54, 1.807) is 12.3 Å². The molecule has 3 amide bonds. The van der Waals surface area contributed by atoms with Crippen LogP contribution in [0.5, 0.6) is 5.06 Å². The van der Waals surface area contributed by atoms with Crippen LogP contribution in [0.1, 0.15) is 35.7 Å². The van der Waals surface area contributed by atoms with E-state index in [-0.39, 0.29) is 29.8 Å². The van der Waals surface area contributed by atoms with Gasteiger partial charge in [0.1, 0.15) is 5.54 Å². The fourth-order valence-corrected chi connectivity index (χ4v) is 3.32. The number of hydrogen-bond acceptors (Lipinski definition) is 5. The van der Waals surface area contributed by atoms with Gasteiger partial charge in [-0.05, 0) is 13.3 Å². The van der Waals surface area contributed by atoms with E-state index < -0.39 is 11.4 Å². The van der Waals surface area contributed by atoms with Gasteiger partial charge in [-0.15, -0.1) is 11.3 Å². The fraction of sp³-hybridized carbons (Fsp3) is 0.417. The lowest BCUT2D eigenvalue weighted by Gasteiger charge is -2.39. The Hall–Kier alpha value is -1.89. The first kappa shape index (κ1) is 12.2. The van der Waals surface area contributed by atoms with E-state index in [1.165, 1.54) is 4.90 Å². The Kier molecular flexibility index (Phi) is 2.43. The molecule has 0 spiro atoms. The molecule has 2 aliphatic heterocycles. The minimum atomic E-state index is -1.03. The summed E-state index contributed by atoms with van der Waals surface area (Å²) in [5.74, 6) is -1.03. The Morgan fingerprint density at radius 3 is 2.79 bits per heavy atom. The molecule has 0 aliphatic carbocycles. The molecule has 1 fully saturated rings. The van der Waals surface area contributed by atoms with Gasteiger partial charge in [0, 0.05) is 17.4 Å². The van der Waals surface area contributed by atoms with Gasteiger partial charge in [-0.1, -0.05) is 0 Å². The van der Waals surface area contributed by atoms with E-state index in [9.17, 15) is 19.5 Å². The highest BCUT2D eigenvalue weighted by atomic mass is 32.1. The van der Waals surface area contributed by atoms with Gasteiger partial charge in [-0.25, -0.2) is 0 Å². The van der Waals surface area contributed by atoms with Crippen molar-refractivity contribution in [2.45, 2.75) is 31.8 Å². The molecule has 0 saturated carbocycles. The summed E-state index contributed by atoms with van der Waals surface area (Å²) < 4.78 is 0. The number of carbonyl (C=O) groups excluding carboxylic acids is 3. The first-order valence-corrected chi connectivity index (χ1v) is 6.77. The predicted octanol–water partition coefficient (Wildman–Crippen LogP) is 0.605. The molecule has 3 heterocycles. The van der Waals surface area contributed by atoms with Gasteiger partial charge in [0.05, 0.1) is 12.1 Å². The number of amides is 3. The number of fused-ring (bicyclic) bond motifs is 1. The number of imide groups is 1. The summed E-state index contributed by atoms with van der Waals surface area (Å²) >= 11 is 1.11. The molecule has 2 N–H and O–H groups in total. The van der Waals surface area contributed by atoms with Crippen molar-refractivity contribution in [2.24, 2.45) is 0 Å². The number of nitrogens with one attached hydrogen (secondary N) is 1. The summed E-state index contributed by atoms with van der Waals surface area (Å²) in [5, 5.41) is 13.7. The third kappa shape index (κ3) is 1.58. The third-order valence-corrected chi connectivity index (χ3v) is 4.66. The second-order valence-corrected chi connectivity index (χ2v) is 5.83. The minimum Gasteiger partial charge on any atom is -0.499 e. The summed E-state index contributed by atoms with van der Waals surface area (Å²) in [4.78, 5) is 37.0. The smallest absolute Gasteiger partial charge is 0.256 e. The van der Waals surface area contributed by atoms with E-state index in [0.29, 0.717) is 17.5 Å². The molecule has 19 heavy (non-hydrogen) atoms. The largest absolute Gasteiger partial charge is 0.499 e. The highest BCUT2D eigenvalue weighted by molar-refractivity contribution is 7.12. The van der Waals surface area contributed by atoms with Crippen LogP contribution in [0.15, 0.2) is 5.38 Å². The first-order chi connectivity index (χ1) is 8.93. The molecule has 0 aromatic carbocycles. The SMILES string of the molecule is CC1(N2Cc3c(csc3O)C2=O)CCC(=O)NC1=O. The number of carbonyl (C=O) groups is 3. The van der Waals surface area contributed by atoms with Crippen molar-refractivity contribution in [3.63, 3.8) is 0 Å². The fourth-order valence-electron chi connectivity index (χ4n) is 2.53. The Morgan fingerprint density at radius 2 is 2.16 bits per heavy atom. The molecule has 100 valence electrons. The van der Waals surface area contributed by atoms with Gasteiger partial charge in [0.2, 0.25) is 5.91 Å². The Balaban J connectivity index is 1.94. The number of thiophene rings is 1. The summed E-state index contributed by atoms with van der Waals surface area (Å²) in [7, 11) is 0. The lowest BCUT2D eigenvalue weighted by Crippen LogP contribution is -2.61. The second-order valence-electron chi connectivity index (χ2n) is 4.98. The Bertz CT molecular complexity index is 609. The molecule has 0 radical (unpaired) electrons. The maximum absolute atomic E-state index is 12.3. The van der Waals surface area contributed by atoms with Crippen LogP contribution in [0.25, 0.3) is 0 Å². The van der Waals surface area contributed by atoms with E-state index >= 15 is 0 Å². The van der Waals surface area contributed by atoms with Gasteiger partial charge in [0.15, 0.2) is 5.06 Å². The summed E-state index contributed by atoms with van der Waals surface area (Å²) in [6, 6.07) is 0. The molecule has 1 atom stereocenters. The highest BCUT2D eigenvalue weighted by Crippen LogP contribution is 2.40. The van der Waals surface area contributed by atoms with Crippen LogP contribution in [-0.2, 0) is 16.1 Å². The number of aromatic hydroxyl groups is 1. The van der Waals surface area contributed by atoms with Crippen molar-refractivity contribution in [3.8, 4) is 5.06 Å². The maximum Gasteiger partial charge on any atom is 0.256 e. The molecule has 0 bridgehead atoms. The zero-order valence-electron chi connectivity index (χ0n) is 10.2. The quantitative estimate of drug-likeness (QED) is 0.738. The zero-order chi connectivity index (χ0) is 13.8. The van der Waals surface area contributed by atoms with Gasteiger partial charge in [-0.3, -0.25) is 19.7 Å². The van der Waals surface area contributed by atoms with E-state index in [2.05, 4.69) is 5.32 Å². The molecule has 6 nitrogen and oxygen atoms in total. The van der Waals surface area contributed by atoms with Crippen LogP contribution in [0.4, 0.5) is 0 Å². The first-order valence-electron chi connectivity index (χ1n) is 5.89. The van der Waals surface area contributed by atoms with E-state index in [0.717, 1.165) is 11.3 Å². The topological polar surface area (TPSA) is 86.7 Å². The Morgan fingerprint density at radius 1 is 1.42 bits per heavy atom. The van der Waals surface area contributed by atoms with Crippen molar-refractivity contribution in [1.82, 2.24) is 10.2 Å². The van der Waals surface area contributed by atoms with E-state index in [1.807, 2.05) is 0 Å². The molecule has 1 saturated heterocycles. The van der Waals surface area contributed by atoms with Crippen LogP contribution in [0.3, 0.4) is 0 Å². The number of nitrogens with zero attached hydrogens (tertiary/aromatic N) is 1. The summed E-state index contributed by atoms with van der Waals surface area (Å²) in [6.07, 6.45) is 0.517. The Labute approximate surface area is 113 Å². The minimum absolute atomic E-state index is 0.113. The molecule has 1 unspecified atom stereocenters. The van der Waals surface area contributed by atoms with Crippen LogP contribution in [-0.4, -0.2) is 33.3 Å². The predicted molar refractivity (Wildman–Crippen MR) is 66.6 cm³/mol. The van der Waals surface area contributed by atoms with Gasteiger partial charge >= 0.3 is 0 Å². The van der Waals surface area contributed by atoms with Crippen LogP contribution in [0.2, 0.25) is 0 Å². The van der Waals surface area contributed by atoms with Crippen molar-refractivity contribution >= 4 is 29.1 Å². The lowest BCUT2D eigenvalue weighted by atomic mass is 9.89. The van der Waals surface area contributed by atoms with Crippen molar-refractivity contribution in [3.05, 3.63) is 16.5 Å². The zero-order valence-corrected chi connectivity index (χ0v) is 11.0. The molecule has 7 heteroatoms. The summed E-state index contributed by atoms with van der Waals surface area (Å²) in [5.41, 5.74) is -0.0111. The van der Waals surface area contributed by atoms with Crippen LogP contribution >= 0.6 is 11.3 Å². The van der Waals surface area contributed by atoms with E-state index in [4.69, 9.17) is 0 Å². The van der Waals surface area contributed by atoms with Gasteiger partial charge in [-0.2, -0.15) is 0 Å². The monoisotopic (exact) mass is 280 g/mol. The third-order valence-electron chi connectivity index (χ3n) is 3.84. The van der Waals surface area contributed by atoms with Crippen molar-refractivity contribution in [1.29, 1.82) is 0 Å². The normalized spacial score (nSPS) is 26.6. The number of piperidine rings is 1. The number of hydrogen-bond donors (Lipinski definition) is 2. The molecular weight excluding hydrogens is 268 g/mol. The van der Waals surface area contributed by atoms with Crippen LogP contribution < -0.4 is 5.32 Å². The molecule has 1 aromatic heterocycles. The molecule has 1 aromatic rings. The van der Waals surface area contributed by atoms with Gasteiger partial charge < -0.3 is 10.0 Å². The second kappa shape index (κ2) is 3.80. The van der Waals surface area contributed by atoms with Crippen LogP contribution in [0, 0.1) is 0 Å². The molecule has 3 rings (SSSR count). The highest BCUT2D eigenvalue weighted by Gasteiger charge is 2.49.